The fourth-order valence-electron chi connectivity index (χ4n) is 3.56. The molecule has 1 aromatic rings. The topological polar surface area (TPSA) is 61.8 Å². The van der Waals surface area contributed by atoms with Gasteiger partial charge in [0.2, 0.25) is 5.92 Å². The lowest BCUT2D eigenvalue weighted by Crippen LogP contribution is -2.41. The van der Waals surface area contributed by atoms with Gasteiger partial charge in [0.05, 0.1) is 23.1 Å². The summed E-state index contributed by atoms with van der Waals surface area (Å²) in [4.78, 5) is 0. The van der Waals surface area contributed by atoms with Crippen molar-refractivity contribution in [1.82, 2.24) is 0 Å². The Morgan fingerprint density at radius 3 is 2.17 bits per heavy atom. The highest BCUT2D eigenvalue weighted by atomic mass is 32.2. The predicted octanol–water partition coefficient (Wildman–Crippen LogP) is 3.49. The summed E-state index contributed by atoms with van der Waals surface area (Å²) in [6.07, 6.45) is 0.984. The lowest BCUT2D eigenvalue weighted by atomic mass is 9.77. The van der Waals surface area contributed by atoms with Gasteiger partial charge in [-0.25, -0.2) is 17.2 Å². The summed E-state index contributed by atoms with van der Waals surface area (Å²) in [5.41, 5.74) is 0.0328. The molecule has 2 aliphatic rings. The predicted molar refractivity (Wildman–Crippen MR) is 109 cm³/mol. The fraction of sp³-hybridized carbons (Fsp3) is 0.700. The summed E-state index contributed by atoms with van der Waals surface area (Å²) in [7, 11) is -3.96. The normalized spacial score (nSPS) is 23.9. The van der Waals surface area contributed by atoms with Gasteiger partial charge in [0.15, 0.2) is 9.84 Å². The molecule has 0 radical (unpaired) electrons. The van der Waals surface area contributed by atoms with Crippen molar-refractivity contribution in [2.24, 2.45) is 0 Å². The minimum Gasteiger partial charge on any atom is -0.491 e. The second kappa shape index (κ2) is 7.50. The molecule has 0 amide bonds. The van der Waals surface area contributed by atoms with Crippen LogP contribution in [0.2, 0.25) is 0 Å². The van der Waals surface area contributed by atoms with Crippen LogP contribution in [0.5, 0.6) is 5.75 Å². The monoisotopic (exact) mass is 430 g/mol. The zero-order valence-electron chi connectivity index (χ0n) is 17.6. The van der Waals surface area contributed by atoms with Crippen molar-refractivity contribution in [3.05, 3.63) is 23.8 Å². The Bertz CT molecular complexity index is 844. The van der Waals surface area contributed by atoms with E-state index in [4.69, 9.17) is 14.0 Å². The third-order valence-electron chi connectivity index (χ3n) is 5.97. The van der Waals surface area contributed by atoms with Crippen molar-refractivity contribution >= 4 is 22.4 Å². The van der Waals surface area contributed by atoms with Gasteiger partial charge in [-0.05, 0) is 52.2 Å². The van der Waals surface area contributed by atoms with Crippen LogP contribution in [0.1, 0.15) is 58.9 Å². The summed E-state index contributed by atoms with van der Waals surface area (Å²) in [5, 5.41) is 0. The molecule has 1 saturated heterocycles. The van der Waals surface area contributed by atoms with E-state index in [1.54, 1.807) is 18.2 Å². The van der Waals surface area contributed by atoms with Crippen LogP contribution in [-0.2, 0) is 24.9 Å². The Balaban J connectivity index is 1.89. The minimum atomic E-state index is -3.22. The molecule has 0 aromatic heterocycles. The molecule has 1 heterocycles. The summed E-state index contributed by atoms with van der Waals surface area (Å²) >= 11 is 0. The molecule has 0 spiro atoms. The number of rotatable bonds is 5. The molecule has 2 fully saturated rings. The van der Waals surface area contributed by atoms with Crippen LogP contribution in [0.4, 0.5) is 8.78 Å². The highest BCUT2D eigenvalue weighted by Gasteiger charge is 2.52. The van der Waals surface area contributed by atoms with Crippen LogP contribution in [0.15, 0.2) is 18.2 Å². The van der Waals surface area contributed by atoms with Crippen LogP contribution >= 0.6 is 0 Å². The molecule has 1 saturated carbocycles. The molecule has 0 unspecified atom stereocenters. The van der Waals surface area contributed by atoms with Gasteiger partial charge in [-0.1, -0.05) is 12.1 Å². The first-order chi connectivity index (χ1) is 13.2. The second-order valence-corrected chi connectivity index (χ2v) is 11.3. The molecular formula is C20H29BF2O5S. The lowest BCUT2D eigenvalue weighted by Gasteiger charge is -2.32. The van der Waals surface area contributed by atoms with Crippen molar-refractivity contribution in [3.63, 3.8) is 0 Å². The number of alkyl halides is 2. The first kappa shape index (κ1) is 22.5. The van der Waals surface area contributed by atoms with Crippen molar-refractivity contribution in [3.8, 4) is 5.75 Å². The molecule has 162 valence electrons. The Morgan fingerprint density at radius 2 is 1.66 bits per heavy atom. The van der Waals surface area contributed by atoms with E-state index < -0.39 is 34.1 Å². The van der Waals surface area contributed by atoms with E-state index in [1.807, 2.05) is 27.7 Å². The van der Waals surface area contributed by atoms with Gasteiger partial charge in [0.25, 0.3) is 0 Å². The molecule has 0 bridgehead atoms. The van der Waals surface area contributed by atoms with Gasteiger partial charge in [0, 0.05) is 24.6 Å². The first-order valence-corrected chi connectivity index (χ1v) is 11.9. The average molecular weight is 430 g/mol. The third-order valence-corrected chi connectivity index (χ3v) is 6.83. The standard InChI is InChI=1S/C20H29BF2O5S/c1-18(2)19(3,4)28-21(27-18)16-12-14(13-29(5,24)25)6-7-17(16)26-15-8-10-20(22,23)11-9-15/h6-7,12,15H,8-11,13H2,1-5H3. The number of hydrogen-bond acceptors (Lipinski definition) is 5. The van der Waals surface area contributed by atoms with Gasteiger partial charge in [0.1, 0.15) is 5.75 Å². The number of ether oxygens (including phenoxy) is 1. The van der Waals surface area contributed by atoms with E-state index in [9.17, 15) is 17.2 Å². The maximum atomic E-state index is 13.5. The quantitative estimate of drug-likeness (QED) is 0.670. The molecule has 29 heavy (non-hydrogen) atoms. The van der Waals surface area contributed by atoms with Crippen molar-refractivity contribution in [2.45, 2.75) is 82.4 Å². The smallest absolute Gasteiger partial charge is 0.491 e. The molecule has 9 heteroatoms. The van der Waals surface area contributed by atoms with Gasteiger partial charge >= 0.3 is 7.12 Å². The first-order valence-electron chi connectivity index (χ1n) is 9.88. The van der Waals surface area contributed by atoms with Crippen molar-refractivity contribution < 1.29 is 31.2 Å². The number of sulfone groups is 1. The molecule has 1 aliphatic heterocycles. The van der Waals surface area contributed by atoms with E-state index in [-0.39, 0.29) is 37.5 Å². The fourth-order valence-corrected chi connectivity index (χ4v) is 4.35. The van der Waals surface area contributed by atoms with Crippen LogP contribution in [0, 0.1) is 0 Å². The Morgan fingerprint density at radius 1 is 1.10 bits per heavy atom. The highest BCUT2D eigenvalue weighted by Crippen LogP contribution is 2.38. The van der Waals surface area contributed by atoms with Crippen LogP contribution < -0.4 is 10.2 Å². The highest BCUT2D eigenvalue weighted by molar-refractivity contribution is 7.89. The van der Waals surface area contributed by atoms with Gasteiger partial charge in [-0.15, -0.1) is 0 Å². The Labute approximate surface area is 172 Å². The molecule has 0 atom stereocenters. The van der Waals surface area contributed by atoms with Gasteiger partial charge in [-0.3, -0.25) is 0 Å². The van der Waals surface area contributed by atoms with Crippen LogP contribution in [0.3, 0.4) is 0 Å². The summed E-state index contributed by atoms with van der Waals surface area (Å²) < 4.78 is 68.7. The van der Waals surface area contributed by atoms with E-state index in [0.29, 0.717) is 16.8 Å². The average Bonchev–Trinajstić information content (AvgIpc) is 2.77. The SMILES string of the molecule is CC1(C)OB(c2cc(CS(C)(=O)=O)ccc2OC2CCC(F)(F)CC2)OC1(C)C. The molecular weight excluding hydrogens is 401 g/mol. The number of hydrogen-bond donors (Lipinski definition) is 0. The van der Waals surface area contributed by atoms with Gasteiger partial charge in [-0.2, -0.15) is 0 Å². The molecule has 3 rings (SSSR count). The lowest BCUT2D eigenvalue weighted by molar-refractivity contribution is -0.0581. The molecule has 0 N–H and O–H groups in total. The number of halogens is 2. The minimum absolute atomic E-state index is 0.116. The number of benzene rings is 1. The summed E-state index contributed by atoms with van der Waals surface area (Å²) in [6, 6.07) is 5.09. The summed E-state index contributed by atoms with van der Waals surface area (Å²) in [6.45, 7) is 7.71. The van der Waals surface area contributed by atoms with E-state index in [1.165, 1.54) is 6.26 Å². The molecule has 1 aromatic carbocycles. The van der Waals surface area contributed by atoms with E-state index in [2.05, 4.69) is 0 Å². The largest absolute Gasteiger partial charge is 0.498 e. The van der Waals surface area contributed by atoms with Crippen molar-refractivity contribution in [2.75, 3.05) is 6.26 Å². The zero-order valence-corrected chi connectivity index (χ0v) is 18.4. The maximum absolute atomic E-state index is 13.5. The van der Waals surface area contributed by atoms with Crippen molar-refractivity contribution in [1.29, 1.82) is 0 Å². The van der Waals surface area contributed by atoms with E-state index >= 15 is 0 Å². The maximum Gasteiger partial charge on any atom is 0.498 e. The summed E-state index contributed by atoms with van der Waals surface area (Å²) in [5.74, 6) is -2.26. The molecule has 5 nitrogen and oxygen atoms in total. The second-order valence-electron chi connectivity index (χ2n) is 9.20. The molecule has 1 aliphatic carbocycles. The zero-order chi connectivity index (χ0) is 21.7. The Hall–Kier alpha value is -1.19. The van der Waals surface area contributed by atoms with Crippen LogP contribution in [0.25, 0.3) is 0 Å². The van der Waals surface area contributed by atoms with Gasteiger partial charge < -0.3 is 14.0 Å². The van der Waals surface area contributed by atoms with E-state index in [0.717, 1.165) is 0 Å². The Kier molecular flexibility index (Phi) is 5.82. The third kappa shape index (κ3) is 5.30. The van der Waals surface area contributed by atoms with Crippen LogP contribution in [-0.4, -0.2) is 45.0 Å².